The molecule has 10 nitrogen and oxygen atoms in total. The summed E-state index contributed by atoms with van der Waals surface area (Å²) in [5, 5.41) is 3.93. The van der Waals surface area contributed by atoms with E-state index in [4.69, 9.17) is 11.6 Å². The molecule has 0 fully saturated rings. The Kier molecular flexibility index (Phi) is 5.56. The number of urea groups is 1. The lowest BCUT2D eigenvalue weighted by Crippen LogP contribution is -2.44. The second kappa shape index (κ2) is 7.90. The van der Waals surface area contributed by atoms with Crippen molar-refractivity contribution in [1.82, 2.24) is 29.5 Å². The van der Waals surface area contributed by atoms with Crippen LogP contribution in [0.25, 0.3) is 0 Å². The Morgan fingerprint density at radius 3 is 2.50 bits per heavy atom. The van der Waals surface area contributed by atoms with Crippen molar-refractivity contribution in [2.45, 2.75) is 25.4 Å². The molecule has 1 N–H and O–H groups in total. The summed E-state index contributed by atoms with van der Waals surface area (Å²) < 4.78 is 28.6. The standard InChI is InChI=1S/C16H16ClN7O3S/c1-11-7-12(2)21-15(20-11)24(10-23-9-18-8-19-23)16(25)22-28(26,27)14-6-4-3-5-13(14)17/h3-9H,10H2,1-2H3,(H,22,25). The van der Waals surface area contributed by atoms with E-state index >= 15 is 0 Å². The first kappa shape index (κ1) is 19.7. The van der Waals surface area contributed by atoms with E-state index in [1.165, 1.54) is 35.5 Å². The third-order valence-electron chi connectivity index (χ3n) is 3.56. The van der Waals surface area contributed by atoms with E-state index in [1.807, 2.05) is 4.72 Å². The Labute approximate surface area is 166 Å². The van der Waals surface area contributed by atoms with Crippen LogP contribution in [0.3, 0.4) is 0 Å². The van der Waals surface area contributed by atoms with E-state index in [1.54, 1.807) is 26.0 Å². The minimum absolute atomic E-state index is 0.00623. The maximum Gasteiger partial charge on any atom is 0.339 e. The first-order valence-corrected chi connectivity index (χ1v) is 9.86. The van der Waals surface area contributed by atoms with Gasteiger partial charge in [0.15, 0.2) is 0 Å². The zero-order chi connectivity index (χ0) is 20.3. The number of hydrogen-bond acceptors (Lipinski definition) is 7. The summed E-state index contributed by atoms with van der Waals surface area (Å²) in [6.45, 7) is 3.33. The topological polar surface area (TPSA) is 123 Å². The molecule has 2 aromatic heterocycles. The molecule has 0 atom stereocenters. The number of hydrogen-bond donors (Lipinski definition) is 1. The lowest BCUT2D eigenvalue weighted by atomic mass is 10.3. The number of amides is 2. The first-order valence-electron chi connectivity index (χ1n) is 8.00. The van der Waals surface area contributed by atoms with Crippen molar-refractivity contribution in [1.29, 1.82) is 0 Å². The largest absolute Gasteiger partial charge is 0.339 e. The van der Waals surface area contributed by atoms with Crippen molar-refractivity contribution in [2.24, 2.45) is 0 Å². The molecule has 1 aromatic carbocycles. The molecule has 28 heavy (non-hydrogen) atoms. The van der Waals surface area contributed by atoms with Gasteiger partial charge in [-0.3, -0.25) is 0 Å². The van der Waals surface area contributed by atoms with Gasteiger partial charge in [-0.05, 0) is 32.0 Å². The number of anilines is 1. The average Bonchev–Trinajstić information content (AvgIpc) is 3.11. The molecule has 0 radical (unpaired) electrons. The van der Waals surface area contributed by atoms with Gasteiger partial charge in [0.2, 0.25) is 5.95 Å². The molecule has 0 aliphatic rings. The van der Waals surface area contributed by atoms with Crippen LogP contribution in [0.4, 0.5) is 10.7 Å². The third kappa shape index (κ3) is 4.43. The zero-order valence-electron chi connectivity index (χ0n) is 14.9. The molecule has 0 unspecified atom stereocenters. The maximum absolute atomic E-state index is 12.8. The number of nitrogens with one attached hydrogen (secondary N) is 1. The molecule has 0 saturated heterocycles. The minimum Gasteiger partial charge on any atom is -0.247 e. The lowest BCUT2D eigenvalue weighted by molar-refractivity contribution is 0.248. The number of halogens is 1. The van der Waals surface area contributed by atoms with Gasteiger partial charge in [0.1, 0.15) is 24.2 Å². The van der Waals surface area contributed by atoms with Crippen LogP contribution in [0.5, 0.6) is 0 Å². The van der Waals surface area contributed by atoms with Crippen molar-refractivity contribution < 1.29 is 13.2 Å². The fraction of sp³-hybridized carbons (Fsp3) is 0.188. The van der Waals surface area contributed by atoms with Gasteiger partial charge >= 0.3 is 6.03 Å². The molecule has 0 saturated carbocycles. The van der Waals surface area contributed by atoms with E-state index in [9.17, 15) is 13.2 Å². The third-order valence-corrected chi connectivity index (χ3v) is 5.38. The van der Waals surface area contributed by atoms with Crippen LogP contribution in [-0.2, 0) is 16.7 Å². The maximum atomic E-state index is 12.8. The molecule has 0 aliphatic heterocycles. The van der Waals surface area contributed by atoms with Gasteiger partial charge in [-0.1, -0.05) is 23.7 Å². The number of benzene rings is 1. The zero-order valence-corrected chi connectivity index (χ0v) is 16.5. The summed E-state index contributed by atoms with van der Waals surface area (Å²) in [6, 6.07) is 6.58. The highest BCUT2D eigenvalue weighted by atomic mass is 35.5. The van der Waals surface area contributed by atoms with E-state index in [0.29, 0.717) is 11.4 Å². The highest BCUT2D eigenvalue weighted by molar-refractivity contribution is 7.90. The van der Waals surface area contributed by atoms with E-state index in [-0.39, 0.29) is 22.5 Å². The van der Waals surface area contributed by atoms with Crippen LogP contribution < -0.4 is 9.62 Å². The minimum atomic E-state index is -4.22. The quantitative estimate of drug-likeness (QED) is 0.667. The van der Waals surface area contributed by atoms with Crippen LogP contribution in [0, 0.1) is 13.8 Å². The Morgan fingerprint density at radius 2 is 1.89 bits per heavy atom. The fourth-order valence-corrected chi connectivity index (χ4v) is 3.86. The summed E-state index contributed by atoms with van der Waals surface area (Å²) in [4.78, 5) is 25.9. The van der Waals surface area contributed by atoms with Crippen LogP contribution in [0.15, 0.2) is 47.9 Å². The van der Waals surface area contributed by atoms with Crippen LogP contribution in [-0.4, -0.2) is 39.2 Å². The average molecular weight is 422 g/mol. The van der Waals surface area contributed by atoms with Gasteiger partial charge in [0.25, 0.3) is 10.0 Å². The molecule has 0 aliphatic carbocycles. The van der Waals surface area contributed by atoms with Gasteiger partial charge < -0.3 is 0 Å². The van der Waals surface area contributed by atoms with E-state index in [0.717, 1.165) is 4.90 Å². The lowest BCUT2D eigenvalue weighted by Gasteiger charge is -2.21. The molecular formula is C16H16ClN7O3S. The number of carbonyl (C=O) groups excluding carboxylic acids is 1. The van der Waals surface area contributed by atoms with Gasteiger partial charge in [-0.25, -0.2) is 42.5 Å². The van der Waals surface area contributed by atoms with Gasteiger partial charge in [0, 0.05) is 11.4 Å². The van der Waals surface area contributed by atoms with E-state index in [2.05, 4.69) is 20.1 Å². The Morgan fingerprint density at radius 1 is 1.21 bits per heavy atom. The second-order valence-corrected chi connectivity index (χ2v) is 7.85. The molecule has 0 bridgehead atoms. The Bertz CT molecular complexity index is 1080. The smallest absolute Gasteiger partial charge is 0.247 e. The number of rotatable bonds is 5. The second-order valence-electron chi connectivity index (χ2n) is 5.80. The number of sulfonamides is 1. The number of aromatic nitrogens is 5. The molecular weight excluding hydrogens is 406 g/mol. The van der Waals surface area contributed by atoms with E-state index < -0.39 is 16.1 Å². The normalized spacial score (nSPS) is 11.2. The predicted octanol–water partition coefficient (Wildman–Crippen LogP) is 1.90. The summed E-state index contributed by atoms with van der Waals surface area (Å²) in [6.07, 6.45) is 2.67. The van der Waals surface area contributed by atoms with Gasteiger partial charge in [-0.15, -0.1) is 0 Å². The Hall–Kier alpha value is -3.05. The SMILES string of the molecule is Cc1cc(C)nc(N(Cn2cncn2)C(=O)NS(=O)(=O)c2ccccc2Cl)n1. The number of nitrogens with zero attached hydrogens (tertiary/aromatic N) is 6. The summed E-state index contributed by atoms with van der Waals surface area (Å²) in [7, 11) is -4.22. The molecule has 12 heteroatoms. The fourth-order valence-electron chi connectivity index (χ4n) is 2.38. The summed E-state index contributed by atoms with van der Waals surface area (Å²) in [5.41, 5.74) is 1.24. The number of aryl methyl sites for hydroxylation is 2. The molecule has 2 amide bonds. The van der Waals surface area contributed by atoms with Gasteiger partial charge in [0.05, 0.1) is 5.02 Å². The van der Waals surface area contributed by atoms with Crippen molar-refractivity contribution >= 4 is 33.6 Å². The summed E-state index contributed by atoms with van der Waals surface area (Å²) in [5.74, 6) is 0.0276. The molecule has 3 aromatic rings. The van der Waals surface area contributed by atoms with Crippen LogP contribution in [0.1, 0.15) is 11.4 Å². The monoisotopic (exact) mass is 421 g/mol. The number of carbonyl (C=O) groups is 1. The molecule has 3 rings (SSSR count). The highest BCUT2D eigenvalue weighted by Crippen LogP contribution is 2.21. The van der Waals surface area contributed by atoms with Crippen molar-refractivity contribution in [2.75, 3.05) is 4.90 Å². The van der Waals surface area contributed by atoms with Crippen molar-refractivity contribution in [3.05, 3.63) is 59.4 Å². The molecule has 146 valence electrons. The van der Waals surface area contributed by atoms with Crippen molar-refractivity contribution in [3.63, 3.8) is 0 Å². The van der Waals surface area contributed by atoms with Crippen molar-refractivity contribution in [3.8, 4) is 0 Å². The summed E-state index contributed by atoms with van der Waals surface area (Å²) >= 11 is 5.95. The highest BCUT2D eigenvalue weighted by Gasteiger charge is 2.27. The predicted molar refractivity (Wildman–Crippen MR) is 101 cm³/mol. The first-order chi connectivity index (χ1) is 13.3. The van der Waals surface area contributed by atoms with Crippen LogP contribution >= 0.6 is 11.6 Å². The molecule has 2 heterocycles. The Balaban J connectivity index is 1.95. The van der Waals surface area contributed by atoms with Crippen LogP contribution in [0.2, 0.25) is 5.02 Å². The van der Waals surface area contributed by atoms with Gasteiger partial charge in [-0.2, -0.15) is 5.10 Å². The molecule has 0 spiro atoms.